The number of amides is 1. The maximum absolute atomic E-state index is 11.5. The Hall–Kier alpha value is -2.69. The van der Waals surface area contributed by atoms with Crippen molar-refractivity contribution < 1.29 is 15.0 Å². The minimum Gasteiger partial charge on any atom is -0.504 e. The highest BCUT2D eigenvalue weighted by Gasteiger charge is 2.01. The molecule has 0 aliphatic heterocycles. The second-order valence-electron chi connectivity index (χ2n) is 4.00. The van der Waals surface area contributed by atoms with Crippen molar-refractivity contribution in [2.24, 2.45) is 0 Å². The van der Waals surface area contributed by atoms with Gasteiger partial charge in [-0.1, -0.05) is 6.07 Å². The van der Waals surface area contributed by atoms with Crippen molar-refractivity contribution in [1.82, 2.24) is 10.3 Å². The molecule has 0 fully saturated rings. The number of rotatable bonds is 4. The summed E-state index contributed by atoms with van der Waals surface area (Å²) in [7, 11) is 0. The number of hydrogen-bond acceptors (Lipinski definition) is 3. The third-order valence-electron chi connectivity index (χ3n) is 2.54. The van der Waals surface area contributed by atoms with E-state index in [1.54, 1.807) is 18.3 Å². The molecular formula is C14H14N2O3. The normalized spacial score (nSPS) is 10.7. The van der Waals surface area contributed by atoms with Gasteiger partial charge in [-0.15, -0.1) is 0 Å². The van der Waals surface area contributed by atoms with Crippen LogP contribution in [0.3, 0.4) is 0 Å². The van der Waals surface area contributed by atoms with Crippen LogP contribution in [0.2, 0.25) is 0 Å². The van der Waals surface area contributed by atoms with Gasteiger partial charge in [-0.3, -0.25) is 4.79 Å². The van der Waals surface area contributed by atoms with E-state index < -0.39 is 0 Å². The number of carbonyl (C=O) groups is 1. The van der Waals surface area contributed by atoms with Crippen LogP contribution in [-0.2, 0) is 11.3 Å². The summed E-state index contributed by atoms with van der Waals surface area (Å²) in [5, 5.41) is 21.1. The molecule has 0 radical (unpaired) electrons. The number of aromatic amines is 1. The van der Waals surface area contributed by atoms with Crippen molar-refractivity contribution in [2.75, 3.05) is 0 Å². The third-order valence-corrected chi connectivity index (χ3v) is 2.54. The van der Waals surface area contributed by atoms with Gasteiger partial charge in [-0.05, 0) is 35.9 Å². The molecule has 0 atom stereocenters. The Kier molecular flexibility index (Phi) is 3.87. The van der Waals surface area contributed by atoms with Crippen LogP contribution in [0.25, 0.3) is 6.08 Å². The molecule has 0 saturated heterocycles. The molecule has 1 aromatic carbocycles. The van der Waals surface area contributed by atoms with Crippen LogP contribution >= 0.6 is 0 Å². The van der Waals surface area contributed by atoms with E-state index in [4.69, 9.17) is 5.11 Å². The van der Waals surface area contributed by atoms with Gasteiger partial charge in [0.15, 0.2) is 11.5 Å². The van der Waals surface area contributed by atoms with Crippen molar-refractivity contribution in [3.63, 3.8) is 0 Å². The molecule has 0 aliphatic rings. The van der Waals surface area contributed by atoms with Crippen molar-refractivity contribution in [2.45, 2.75) is 6.54 Å². The number of phenolic OH excluding ortho intramolecular Hbond substituents is 2. The van der Waals surface area contributed by atoms with Gasteiger partial charge in [0.1, 0.15) is 0 Å². The average molecular weight is 258 g/mol. The largest absolute Gasteiger partial charge is 0.504 e. The number of hydrogen-bond donors (Lipinski definition) is 4. The highest BCUT2D eigenvalue weighted by molar-refractivity contribution is 5.91. The number of phenols is 2. The first-order valence-corrected chi connectivity index (χ1v) is 5.75. The summed E-state index contributed by atoms with van der Waals surface area (Å²) in [6.45, 7) is 0.280. The van der Waals surface area contributed by atoms with E-state index in [0.29, 0.717) is 5.56 Å². The maximum Gasteiger partial charge on any atom is 0.244 e. The zero-order valence-corrected chi connectivity index (χ0v) is 10.1. The minimum atomic E-state index is -0.234. The Morgan fingerprint density at radius 3 is 2.79 bits per heavy atom. The highest BCUT2D eigenvalue weighted by atomic mass is 16.3. The van der Waals surface area contributed by atoms with Crippen LogP contribution in [0.5, 0.6) is 11.5 Å². The Labute approximate surface area is 110 Å². The van der Waals surface area contributed by atoms with Gasteiger partial charge in [-0.25, -0.2) is 0 Å². The number of nitrogens with one attached hydrogen (secondary N) is 2. The Morgan fingerprint density at radius 1 is 1.26 bits per heavy atom. The molecule has 2 rings (SSSR count). The minimum absolute atomic E-state index is 0.179. The predicted octanol–water partition coefficient (Wildman–Crippen LogP) is 1.76. The molecule has 1 heterocycles. The average Bonchev–Trinajstić information content (AvgIpc) is 2.91. The SMILES string of the molecule is O=C(/C=C/c1ccc[nH]1)NCc1ccc(O)c(O)c1. The molecule has 2 aromatic rings. The van der Waals surface area contributed by atoms with E-state index in [0.717, 1.165) is 5.69 Å². The monoisotopic (exact) mass is 258 g/mol. The molecule has 0 saturated carbocycles. The van der Waals surface area contributed by atoms with Crippen molar-refractivity contribution in [3.8, 4) is 11.5 Å². The molecule has 1 aromatic heterocycles. The molecule has 4 N–H and O–H groups in total. The molecule has 0 bridgehead atoms. The Morgan fingerprint density at radius 2 is 2.11 bits per heavy atom. The summed E-state index contributed by atoms with van der Waals surface area (Å²) in [5.41, 5.74) is 1.55. The first kappa shape index (κ1) is 12.8. The molecule has 0 unspecified atom stereocenters. The van der Waals surface area contributed by atoms with Gasteiger partial charge < -0.3 is 20.5 Å². The summed E-state index contributed by atoms with van der Waals surface area (Å²) in [6, 6.07) is 8.11. The number of H-pyrrole nitrogens is 1. The first-order chi connectivity index (χ1) is 9.15. The van der Waals surface area contributed by atoms with Crippen LogP contribution < -0.4 is 5.32 Å². The van der Waals surface area contributed by atoms with Crippen LogP contribution in [0, 0.1) is 0 Å². The van der Waals surface area contributed by atoms with Gasteiger partial charge in [0.2, 0.25) is 5.91 Å². The quantitative estimate of drug-likeness (QED) is 0.498. The van der Waals surface area contributed by atoms with Crippen LogP contribution in [0.15, 0.2) is 42.6 Å². The summed E-state index contributed by atoms with van der Waals surface area (Å²) in [4.78, 5) is 14.5. The lowest BCUT2D eigenvalue weighted by atomic mass is 10.2. The van der Waals surface area contributed by atoms with Crippen LogP contribution in [-0.4, -0.2) is 21.1 Å². The third kappa shape index (κ3) is 3.64. The van der Waals surface area contributed by atoms with Gasteiger partial charge in [-0.2, -0.15) is 0 Å². The highest BCUT2D eigenvalue weighted by Crippen LogP contribution is 2.24. The fraction of sp³-hybridized carbons (Fsp3) is 0.0714. The second kappa shape index (κ2) is 5.77. The van der Waals surface area contributed by atoms with Gasteiger partial charge >= 0.3 is 0 Å². The number of benzene rings is 1. The van der Waals surface area contributed by atoms with E-state index in [-0.39, 0.29) is 24.0 Å². The molecular weight excluding hydrogens is 244 g/mol. The van der Waals surface area contributed by atoms with E-state index in [9.17, 15) is 9.90 Å². The zero-order chi connectivity index (χ0) is 13.7. The first-order valence-electron chi connectivity index (χ1n) is 5.75. The van der Waals surface area contributed by atoms with Gasteiger partial charge in [0.05, 0.1) is 0 Å². The summed E-state index contributed by atoms with van der Waals surface area (Å²) < 4.78 is 0. The number of carbonyl (C=O) groups excluding carboxylic acids is 1. The predicted molar refractivity (Wildman–Crippen MR) is 71.4 cm³/mol. The second-order valence-corrected chi connectivity index (χ2v) is 4.00. The van der Waals surface area contributed by atoms with E-state index in [1.807, 2.05) is 12.1 Å². The summed E-state index contributed by atoms with van der Waals surface area (Å²) in [5.74, 6) is -0.613. The van der Waals surface area contributed by atoms with E-state index in [2.05, 4.69) is 10.3 Å². The molecule has 98 valence electrons. The number of aromatic hydroxyl groups is 2. The van der Waals surface area contributed by atoms with Crippen LogP contribution in [0.4, 0.5) is 0 Å². The lowest BCUT2D eigenvalue weighted by Gasteiger charge is -2.04. The lowest BCUT2D eigenvalue weighted by molar-refractivity contribution is -0.116. The van der Waals surface area contributed by atoms with Crippen molar-refractivity contribution >= 4 is 12.0 Å². The molecule has 5 nitrogen and oxygen atoms in total. The fourth-order valence-corrected chi connectivity index (χ4v) is 1.54. The maximum atomic E-state index is 11.5. The molecule has 5 heteroatoms. The molecule has 1 amide bonds. The summed E-state index contributed by atoms with van der Waals surface area (Å²) in [6.07, 6.45) is 4.87. The van der Waals surface area contributed by atoms with Gasteiger partial charge in [0, 0.05) is 24.5 Å². The lowest BCUT2D eigenvalue weighted by Crippen LogP contribution is -2.20. The smallest absolute Gasteiger partial charge is 0.244 e. The van der Waals surface area contributed by atoms with Crippen molar-refractivity contribution in [1.29, 1.82) is 0 Å². The van der Waals surface area contributed by atoms with Crippen molar-refractivity contribution in [3.05, 3.63) is 53.9 Å². The Balaban J connectivity index is 1.88. The number of aromatic nitrogens is 1. The van der Waals surface area contributed by atoms with Crippen LogP contribution in [0.1, 0.15) is 11.3 Å². The molecule has 0 spiro atoms. The molecule has 19 heavy (non-hydrogen) atoms. The standard InChI is InChI=1S/C14H14N2O3/c17-12-5-3-10(8-13(12)18)9-16-14(19)6-4-11-2-1-7-15-11/h1-8,15,17-18H,9H2,(H,16,19)/b6-4+. The molecule has 0 aliphatic carbocycles. The van der Waals surface area contributed by atoms with E-state index in [1.165, 1.54) is 18.2 Å². The Bertz CT molecular complexity index is 589. The fourth-order valence-electron chi connectivity index (χ4n) is 1.54. The van der Waals surface area contributed by atoms with E-state index >= 15 is 0 Å². The van der Waals surface area contributed by atoms with Gasteiger partial charge in [0.25, 0.3) is 0 Å². The zero-order valence-electron chi connectivity index (χ0n) is 10.1. The topological polar surface area (TPSA) is 85.4 Å². The summed E-state index contributed by atoms with van der Waals surface area (Å²) >= 11 is 0.